The molecule has 1 atom stereocenters. The molecule has 0 bridgehead atoms. The van der Waals surface area contributed by atoms with E-state index in [-0.39, 0.29) is 12.5 Å². The van der Waals surface area contributed by atoms with E-state index in [1.807, 2.05) is 37.3 Å². The van der Waals surface area contributed by atoms with Crippen LogP contribution in [0, 0.1) is 17.5 Å². The van der Waals surface area contributed by atoms with Crippen molar-refractivity contribution in [1.29, 1.82) is 0 Å². The van der Waals surface area contributed by atoms with E-state index >= 15 is 0 Å². The summed E-state index contributed by atoms with van der Waals surface area (Å²) >= 11 is 0. The van der Waals surface area contributed by atoms with Crippen LogP contribution in [0.5, 0.6) is 0 Å². The lowest BCUT2D eigenvalue weighted by atomic mass is 10.2. The van der Waals surface area contributed by atoms with E-state index in [1.165, 1.54) is 4.90 Å². The summed E-state index contributed by atoms with van der Waals surface area (Å²) in [7, 11) is 1.58. The predicted molar refractivity (Wildman–Crippen MR) is 105 cm³/mol. The first-order chi connectivity index (χ1) is 13.7. The number of hydrogen-bond acceptors (Lipinski definition) is 3. The maximum Gasteiger partial charge on any atom is 0.239 e. The van der Waals surface area contributed by atoms with Crippen LogP contribution in [0.2, 0.25) is 0 Å². The van der Waals surface area contributed by atoms with Crippen LogP contribution in [-0.2, 0) is 16.1 Å². The summed E-state index contributed by atoms with van der Waals surface area (Å²) in [6.45, 7) is 4.25. The summed E-state index contributed by atoms with van der Waals surface area (Å²) < 4.78 is 40.0. The highest BCUT2D eigenvalue weighted by Crippen LogP contribution is 2.19. The van der Waals surface area contributed by atoms with Gasteiger partial charge in [-0.05, 0) is 38.6 Å². The molecule has 0 radical (unpaired) electrons. The van der Waals surface area contributed by atoms with Crippen LogP contribution in [0.4, 0.5) is 18.9 Å². The zero-order valence-corrected chi connectivity index (χ0v) is 16.6. The fraction of sp³-hybridized carbons (Fsp3) is 0.333. The molecule has 2 amide bonds. The number of anilines is 1. The van der Waals surface area contributed by atoms with Crippen LogP contribution in [0.15, 0.2) is 42.5 Å². The summed E-state index contributed by atoms with van der Waals surface area (Å²) in [5, 5.41) is 2.20. The van der Waals surface area contributed by atoms with Gasteiger partial charge < -0.3 is 10.2 Å². The Labute approximate surface area is 168 Å². The summed E-state index contributed by atoms with van der Waals surface area (Å²) in [6.07, 6.45) is 0. The second kappa shape index (κ2) is 10.1. The van der Waals surface area contributed by atoms with Gasteiger partial charge in [0.05, 0.1) is 18.3 Å². The minimum absolute atomic E-state index is 0.161. The predicted octanol–water partition coefficient (Wildman–Crippen LogP) is 3.41. The van der Waals surface area contributed by atoms with Gasteiger partial charge in [-0.2, -0.15) is 0 Å². The van der Waals surface area contributed by atoms with Crippen molar-refractivity contribution in [3.05, 3.63) is 65.5 Å². The topological polar surface area (TPSA) is 52.7 Å². The summed E-state index contributed by atoms with van der Waals surface area (Å²) in [5.74, 6) is -5.27. The molecule has 2 aromatic carbocycles. The third-order valence-corrected chi connectivity index (χ3v) is 4.63. The van der Waals surface area contributed by atoms with Gasteiger partial charge >= 0.3 is 0 Å². The van der Waals surface area contributed by atoms with Crippen molar-refractivity contribution in [3.63, 3.8) is 0 Å². The Balaban J connectivity index is 1.97. The molecule has 0 saturated carbocycles. The minimum atomic E-state index is -1.65. The van der Waals surface area contributed by atoms with Crippen LogP contribution in [0.3, 0.4) is 0 Å². The standard InChI is InChI=1S/C21H24F3N3O2/c1-4-27(12-15-8-6-5-7-9-15)21(29)14(2)26(3)13-18(28)25-17-11-10-16(22)19(23)20(17)24/h5-11,14H,4,12-13H2,1-3H3,(H,25,28)/t14-/m1/s1. The molecular weight excluding hydrogens is 383 g/mol. The van der Waals surface area contributed by atoms with Gasteiger partial charge in [0, 0.05) is 13.1 Å². The maximum absolute atomic E-state index is 13.7. The Morgan fingerprint density at radius 2 is 1.69 bits per heavy atom. The lowest BCUT2D eigenvalue weighted by molar-refractivity contribution is -0.136. The molecular formula is C21H24F3N3O2. The molecule has 2 rings (SSSR count). The van der Waals surface area contributed by atoms with Crippen LogP contribution in [0.25, 0.3) is 0 Å². The van der Waals surface area contributed by atoms with Crippen LogP contribution >= 0.6 is 0 Å². The summed E-state index contributed by atoms with van der Waals surface area (Å²) in [5.41, 5.74) is 0.532. The number of rotatable bonds is 8. The monoisotopic (exact) mass is 407 g/mol. The fourth-order valence-corrected chi connectivity index (χ4v) is 2.78. The average Bonchev–Trinajstić information content (AvgIpc) is 2.72. The van der Waals surface area contributed by atoms with Gasteiger partial charge in [0.15, 0.2) is 17.5 Å². The molecule has 1 N–H and O–H groups in total. The van der Waals surface area contributed by atoms with Crippen molar-refractivity contribution < 1.29 is 22.8 Å². The highest BCUT2D eigenvalue weighted by Gasteiger charge is 2.25. The van der Waals surface area contributed by atoms with Crippen molar-refractivity contribution >= 4 is 17.5 Å². The third-order valence-electron chi connectivity index (χ3n) is 4.63. The lowest BCUT2D eigenvalue weighted by Crippen LogP contribution is -2.47. The largest absolute Gasteiger partial charge is 0.337 e. The molecule has 156 valence electrons. The number of carbonyl (C=O) groups is 2. The molecule has 0 spiro atoms. The van der Waals surface area contributed by atoms with Gasteiger partial charge in [0.2, 0.25) is 11.8 Å². The summed E-state index contributed by atoms with van der Waals surface area (Å²) in [6, 6.07) is 10.6. The van der Waals surface area contributed by atoms with Gasteiger partial charge in [0.1, 0.15) is 0 Å². The van der Waals surface area contributed by atoms with E-state index in [9.17, 15) is 22.8 Å². The lowest BCUT2D eigenvalue weighted by Gasteiger charge is -2.29. The zero-order chi connectivity index (χ0) is 21.6. The number of likely N-dealkylation sites (N-methyl/N-ethyl adjacent to an activating group) is 2. The van der Waals surface area contributed by atoms with E-state index in [0.29, 0.717) is 13.1 Å². The number of benzene rings is 2. The second-order valence-electron chi connectivity index (χ2n) is 6.70. The Hall–Kier alpha value is -2.87. The van der Waals surface area contributed by atoms with E-state index in [2.05, 4.69) is 5.32 Å². The van der Waals surface area contributed by atoms with Crippen molar-refractivity contribution in [1.82, 2.24) is 9.80 Å². The SMILES string of the molecule is CCN(Cc1ccccc1)C(=O)[C@@H](C)N(C)CC(=O)Nc1ccc(F)c(F)c1F. The molecule has 0 saturated heterocycles. The van der Waals surface area contributed by atoms with Gasteiger partial charge in [-0.15, -0.1) is 0 Å². The second-order valence-corrected chi connectivity index (χ2v) is 6.70. The first kappa shape index (κ1) is 22.4. The molecule has 2 aromatic rings. The Morgan fingerprint density at radius 1 is 1.03 bits per heavy atom. The van der Waals surface area contributed by atoms with Crippen LogP contribution in [0.1, 0.15) is 19.4 Å². The van der Waals surface area contributed by atoms with E-state index in [0.717, 1.165) is 17.7 Å². The molecule has 0 fully saturated rings. The van der Waals surface area contributed by atoms with Crippen molar-refractivity contribution in [3.8, 4) is 0 Å². The molecule has 0 aliphatic heterocycles. The molecule has 0 aliphatic carbocycles. The molecule has 8 heteroatoms. The minimum Gasteiger partial charge on any atom is -0.337 e. The molecule has 0 aliphatic rings. The van der Waals surface area contributed by atoms with E-state index in [4.69, 9.17) is 0 Å². The number of carbonyl (C=O) groups excluding carboxylic acids is 2. The number of nitrogens with zero attached hydrogens (tertiary/aromatic N) is 2. The van der Waals surface area contributed by atoms with Crippen molar-refractivity contribution in [2.45, 2.75) is 26.4 Å². The van der Waals surface area contributed by atoms with Gasteiger partial charge in [-0.3, -0.25) is 14.5 Å². The zero-order valence-electron chi connectivity index (χ0n) is 16.6. The quantitative estimate of drug-likeness (QED) is 0.683. The Morgan fingerprint density at radius 3 is 2.31 bits per heavy atom. The van der Waals surface area contributed by atoms with Gasteiger partial charge in [-0.25, -0.2) is 13.2 Å². The Bertz CT molecular complexity index is 862. The van der Waals surface area contributed by atoms with Crippen LogP contribution in [-0.4, -0.2) is 47.8 Å². The fourth-order valence-electron chi connectivity index (χ4n) is 2.78. The van der Waals surface area contributed by atoms with E-state index in [1.54, 1.807) is 18.9 Å². The van der Waals surface area contributed by atoms with E-state index < -0.39 is 35.1 Å². The third kappa shape index (κ3) is 5.80. The van der Waals surface area contributed by atoms with Gasteiger partial charge in [-0.1, -0.05) is 30.3 Å². The number of halogens is 3. The average molecular weight is 407 g/mol. The first-order valence-electron chi connectivity index (χ1n) is 9.20. The molecule has 0 aromatic heterocycles. The molecule has 0 heterocycles. The number of hydrogen-bond donors (Lipinski definition) is 1. The van der Waals surface area contributed by atoms with Gasteiger partial charge in [0.25, 0.3) is 0 Å². The number of nitrogens with one attached hydrogen (secondary N) is 1. The molecule has 0 unspecified atom stereocenters. The smallest absolute Gasteiger partial charge is 0.239 e. The first-order valence-corrected chi connectivity index (χ1v) is 9.20. The number of amides is 2. The van der Waals surface area contributed by atoms with Crippen molar-refractivity contribution in [2.24, 2.45) is 0 Å². The molecule has 29 heavy (non-hydrogen) atoms. The van der Waals surface area contributed by atoms with Crippen LogP contribution < -0.4 is 5.32 Å². The highest BCUT2D eigenvalue weighted by atomic mass is 19.2. The normalized spacial score (nSPS) is 12.0. The maximum atomic E-state index is 13.7. The van der Waals surface area contributed by atoms with Crippen molar-refractivity contribution in [2.75, 3.05) is 25.5 Å². The molecule has 5 nitrogen and oxygen atoms in total. The highest BCUT2D eigenvalue weighted by molar-refractivity contribution is 5.93. The summed E-state index contributed by atoms with van der Waals surface area (Å²) in [4.78, 5) is 28.1. The Kier molecular flexibility index (Phi) is 7.78.